The highest BCUT2D eigenvalue weighted by Gasteiger charge is 2.60. The van der Waals surface area contributed by atoms with Crippen molar-refractivity contribution >= 4 is 23.2 Å². The second-order valence-corrected chi connectivity index (χ2v) is 8.21. The molecule has 0 radical (unpaired) electrons. The molecule has 32 heavy (non-hydrogen) atoms. The minimum absolute atomic E-state index is 0.242. The third-order valence-corrected chi connectivity index (χ3v) is 6.33. The van der Waals surface area contributed by atoms with Gasteiger partial charge < -0.3 is 4.74 Å². The monoisotopic (exact) mass is 428 g/mol. The van der Waals surface area contributed by atoms with Crippen molar-refractivity contribution in [2.75, 3.05) is 17.1 Å². The van der Waals surface area contributed by atoms with Gasteiger partial charge >= 0.3 is 0 Å². The number of hydroxylamine groups is 1. The molecule has 2 fully saturated rings. The quantitative estimate of drug-likeness (QED) is 0.578. The molecule has 2 amide bonds. The number of methoxy groups -OCH3 is 1. The standard InChI is InChI=1S/C26H24N2O4/c1-16-9-10-20(15-17(16)2)27-25(29)22-23(18-7-5-4-6-8-18)28(32-24(22)26(27)30)19-11-13-21(31-3)14-12-19/h4-15,22-24H,1-3H3. The van der Waals surface area contributed by atoms with Crippen LogP contribution in [0.15, 0.2) is 72.8 Å². The fourth-order valence-electron chi connectivity index (χ4n) is 4.48. The van der Waals surface area contributed by atoms with E-state index in [9.17, 15) is 9.59 Å². The average Bonchev–Trinajstić information content (AvgIpc) is 3.32. The number of benzene rings is 3. The number of hydrogen-bond donors (Lipinski definition) is 0. The van der Waals surface area contributed by atoms with E-state index in [4.69, 9.17) is 9.57 Å². The van der Waals surface area contributed by atoms with E-state index in [0.29, 0.717) is 5.69 Å². The van der Waals surface area contributed by atoms with E-state index < -0.39 is 18.1 Å². The Bertz CT molecular complexity index is 1180. The normalized spacial score (nSPS) is 22.4. The summed E-state index contributed by atoms with van der Waals surface area (Å²) in [6.45, 7) is 3.97. The number of fused-ring (bicyclic) bond motifs is 1. The third-order valence-electron chi connectivity index (χ3n) is 6.33. The van der Waals surface area contributed by atoms with Crippen molar-refractivity contribution in [3.05, 3.63) is 89.5 Å². The van der Waals surface area contributed by atoms with Gasteiger partial charge in [0.15, 0.2) is 6.10 Å². The van der Waals surface area contributed by atoms with Crippen molar-refractivity contribution < 1.29 is 19.2 Å². The summed E-state index contributed by atoms with van der Waals surface area (Å²) in [7, 11) is 1.61. The number of aryl methyl sites for hydroxylation is 2. The Balaban J connectivity index is 1.56. The van der Waals surface area contributed by atoms with Crippen LogP contribution in [0.2, 0.25) is 0 Å². The molecule has 2 aliphatic heterocycles. The van der Waals surface area contributed by atoms with Crippen LogP contribution < -0.4 is 14.7 Å². The maximum Gasteiger partial charge on any atom is 0.266 e. The molecule has 3 atom stereocenters. The summed E-state index contributed by atoms with van der Waals surface area (Å²) in [4.78, 5) is 34.5. The van der Waals surface area contributed by atoms with E-state index in [1.165, 1.54) is 4.90 Å². The molecule has 5 rings (SSSR count). The molecular formula is C26H24N2O4. The number of amides is 2. The van der Waals surface area contributed by atoms with Crippen molar-refractivity contribution in [2.45, 2.75) is 26.0 Å². The first-order valence-electron chi connectivity index (χ1n) is 10.6. The van der Waals surface area contributed by atoms with Crippen molar-refractivity contribution in [2.24, 2.45) is 5.92 Å². The molecular weight excluding hydrogens is 404 g/mol. The van der Waals surface area contributed by atoms with Gasteiger partial charge in [0.25, 0.3) is 5.91 Å². The lowest BCUT2D eigenvalue weighted by molar-refractivity contribution is -0.126. The number of carbonyl (C=O) groups is 2. The Hall–Kier alpha value is -3.64. The summed E-state index contributed by atoms with van der Waals surface area (Å²) in [5, 5.41) is 1.69. The van der Waals surface area contributed by atoms with Crippen LogP contribution in [0.1, 0.15) is 22.7 Å². The molecule has 2 aliphatic rings. The van der Waals surface area contributed by atoms with Gasteiger partial charge in [0.1, 0.15) is 11.7 Å². The maximum absolute atomic E-state index is 13.6. The highest BCUT2D eigenvalue weighted by molar-refractivity contribution is 6.24. The highest BCUT2D eigenvalue weighted by atomic mass is 16.7. The Morgan fingerprint density at radius 1 is 0.812 bits per heavy atom. The number of ether oxygens (including phenoxy) is 1. The predicted octanol–water partition coefficient (Wildman–Crippen LogP) is 4.36. The van der Waals surface area contributed by atoms with Gasteiger partial charge in [0.2, 0.25) is 5.91 Å². The molecule has 3 unspecified atom stereocenters. The van der Waals surface area contributed by atoms with Crippen molar-refractivity contribution in [1.29, 1.82) is 0 Å². The molecule has 0 bridgehead atoms. The van der Waals surface area contributed by atoms with E-state index in [1.807, 2.05) is 86.6 Å². The van der Waals surface area contributed by atoms with Gasteiger partial charge in [-0.1, -0.05) is 36.4 Å². The summed E-state index contributed by atoms with van der Waals surface area (Å²) in [5.74, 6) is -0.501. The summed E-state index contributed by atoms with van der Waals surface area (Å²) < 4.78 is 5.26. The summed E-state index contributed by atoms with van der Waals surface area (Å²) in [5.41, 5.74) is 4.40. The smallest absolute Gasteiger partial charge is 0.266 e. The third kappa shape index (κ3) is 3.15. The molecule has 6 heteroatoms. The molecule has 2 saturated heterocycles. The van der Waals surface area contributed by atoms with E-state index in [2.05, 4.69) is 0 Å². The van der Waals surface area contributed by atoms with Gasteiger partial charge in [-0.15, -0.1) is 0 Å². The lowest BCUT2D eigenvalue weighted by Gasteiger charge is -2.29. The minimum atomic E-state index is -0.878. The predicted molar refractivity (Wildman–Crippen MR) is 121 cm³/mol. The minimum Gasteiger partial charge on any atom is -0.497 e. The van der Waals surface area contributed by atoms with Crippen LogP contribution in [-0.2, 0) is 14.4 Å². The van der Waals surface area contributed by atoms with Crippen LogP contribution in [-0.4, -0.2) is 25.0 Å². The van der Waals surface area contributed by atoms with Gasteiger partial charge in [0.05, 0.1) is 24.5 Å². The number of carbonyl (C=O) groups excluding carboxylic acids is 2. The van der Waals surface area contributed by atoms with Gasteiger partial charge in [-0.2, -0.15) is 0 Å². The lowest BCUT2D eigenvalue weighted by Crippen LogP contribution is -2.37. The molecule has 0 aliphatic carbocycles. The molecule has 0 spiro atoms. The molecule has 0 aromatic heterocycles. The Kier molecular flexibility index (Phi) is 4.94. The molecule has 2 heterocycles. The first-order valence-corrected chi connectivity index (χ1v) is 10.6. The van der Waals surface area contributed by atoms with Crippen molar-refractivity contribution in [3.63, 3.8) is 0 Å². The summed E-state index contributed by atoms with van der Waals surface area (Å²) >= 11 is 0. The van der Waals surface area contributed by atoms with Crippen LogP contribution in [0.5, 0.6) is 5.75 Å². The van der Waals surface area contributed by atoms with Crippen LogP contribution in [0.3, 0.4) is 0 Å². The van der Waals surface area contributed by atoms with Gasteiger partial charge in [0, 0.05) is 0 Å². The topological polar surface area (TPSA) is 59.1 Å². The summed E-state index contributed by atoms with van der Waals surface area (Å²) in [6, 6.07) is 22.3. The number of anilines is 2. The van der Waals surface area contributed by atoms with Crippen molar-refractivity contribution in [1.82, 2.24) is 0 Å². The molecule has 3 aromatic rings. The van der Waals surface area contributed by atoms with E-state index in [-0.39, 0.29) is 11.8 Å². The highest BCUT2D eigenvalue weighted by Crippen LogP contribution is 2.47. The van der Waals surface area contributed by atoms with Gasteiger partial charge in [-0.3, -0.25) is 14.4 Å². The van der Waals surface area contributed by atoms with Crippen LogP contribution in [0, 0.1) is 19.8 Å². The fraction of sp³-hybridized carbons (Fsp3) is 0.231. The Labute approximate surface area is 186 Å². The largest absolute Gasteiger partial charge is 0.497 e. The average molecular weight is 428 g/mol. The fourth-order valence-corrected chi connectivity index (χ4v) is 4.48. The molecule has 0 N–H and O–H groups in total. The second-order valence-electron chi connectivity index (χ2n) is 8.21. The number of rotatable bonds is 4. The van der Waals surface area contributed by atoms with Crippen molar-refractivity contribution in [3.8, 4) is 5.75 Å². The molecule has 0 saturated carbocycles. The van der Waals surface area contributed by atoms with E-state index in [0.717, 1.165) is 28.1 Å². The van der Waals surface area contributed by atoms with E-state index in [1.54, 1.807) is 12.2 Å². The molecule has 162 valence electrons. The summed E-state index contributed by atoms with van der Waals surface area (Å²) in [6.07, 6.45) is -0.878. The molecule has 3 aromatic carbocycles. The van der Waals surface area contributed by atoms with Crippen LogP contribution in [0.25, 0.3) is 0 Å². The van der Waals surface area contributed by atoms with Crippen LogP contribution in [0.4, 0.5) is 11.4 Å². The SMILES string of the molecule is COc1ccc(N2OC3C(=O)N(c4ccc(C)c(C)c4)C(=O)C3C2c2ccccc2)cc1. The second kappa shape index (κ2) is 7.80. The first-order chi connectivity index (χ1) is 15.5. The Morgan fingerprint density at radius 2 is 1.50 bits per heavy atom. The Morgan fingerprint density at radius 3 is 2.16 bits per heavy atom. The number of nitrogens with zero attached hydrogens (tertiary/aromatic N) is 2. The number of imide groups is 1. The lowest BCUT2D eigenvalue weighted by atomic mass is 9.90. The van der Waals surface area contributed by atoms with Gasteiger partial charge in [-0.05, 0) is 66.9 Å². The van der Waals surface area contributed by atoms with Gasteiger partial charge in [-0.25, -0.2) is 9.96 Å². The zero-order valence-electron chi connectivity index (χ0n) is 18.2. The maximum atomic E-state index is 13.6. The molecule has 6 nitrogen and oxygen atoms in total. The zero-order valence-corrected chi connectivity index (χ0v) is 18.2. The van der Waals surface area contributed by atoms with Crippen LogP contribution >= 0.6 is 0 Å². The number of hydrogen-bond acceptors (Lipinski definition) is 5. The first kappa shape index (κ1) is 20.3. The zero-order chi connectivity index (χ0) is 22.4. The van der Waals surface area contributed by atoms with E-state index >= 15 is 0 Å².